The lowest BCUT2D eigenvalue weighted by atomic mass is 10.2. The van der Waals surface area contributed by atoms with Crippen LogP contribution in [0.3, 0.4) is 0 Å². The number of nitrogens with one attached hydrogen (secondary N) is 1. The monoisotopic (exact) mass is 265 g/mol. The molecular weight excluding hydrogens is 246 g/mol. The second-order valence-electron chi connectivity index (χ2n) is 4.50. The van der Waals surface area contributed by atoms with Gasteiger partial charge in [0.05, 0.1) is 5.01 Å². The number of carbonyl (C=O) groups excluding carboxylic acids is 1. The standard InChI is InChI=1S/C13H19N3OS/c1-10-15-9-12(18-10)5-6-13(17)16-7-3-4-11(16)8-14-2/h5-6,9,11,14H,3-4,7-8H2,1-2H3. The molecule has 1 aliphatic heterocycles. The fraction of sp³-hybridized carbons (Fsp3) is 0.538. The van der Waals surface area contributed by atoms with Crippen molar-refractivity contribution in [3.8, 4) is 0 Å². The first kappa shape index (κ1) is 13.2. The molecule has 0 spiro atoms. The molecule has 1 amide bonds. The molecule has 98 valence electrons. The maximum Gasteiger partial charge on any atom is 0.246 e. The molecule has 1 aromatic rings. The normalized spacial score (nSPS) is 19.9. The molecule has 0 saturated carbocycles. The van der Waals surface area contributed by atoms with Crippen LogP contribution in [0.4, 0.5) is 0 Å². The first-order valence-electron chi connectivity index (χ1n) is 6.26. The number of amides is 1. The minimum atomic E-state index is 0.110. The van der Waals surface area contributed by atoms with Crippen LogP contribution >= 0.6 is 11.3 Å². The Morgan fingerprint density at radius 1 is 1.72 bits per heavy atom. The Balaban J connectivity index is 1.96. The highest BCUT2D eigenvalue weighted by molar-refractivity contribution is 7.12. The van der Waals surface area contributed by atoms with Gasteiger partial charge in [0.2, 0.25) is 5.91 Å². The SMILES string of the molecule is CNCC1CCCN1C(=O)C=Cc1cnc(C)s1. The van der Waals surface area contributed by atoms with Crippen molar-refractivity contribution >= 4 is 23.3 Å². The Labute approximate surface area is 112 Å². The number of aromatic nitrogens is 1. The van der Waals surface area contributed by atoms with E-state index in [2.05, 4.69) is 10.3 Å². The van der Waals surface area contributed by atoms with E-state index in [9.17, 15) is 4.79 Å². The Morgan fingerprint density at radius 3 is 3.22 bits per heavy atom. The van der Waals surface area contributed by atoms with Crippen LogP contribution < -0.4 is 5.32 Å². The Kier molecular flexibility index (Phi) is 4.49. The van der Waals surface area contributed by atoms with Crippen LogP contribution in [0.1, 0.15) is 22.7 Å². The lowest BCUT2D eigenvalue weighted by Gasteiger charge is -2.23. The molecule has 4 nitrogen and oxygen atoms in total. The molecule has 1 fully saturated rings. The number of thiazole rings is 1. The fourth-order valence-electron chi connectivity index (χ4n) is 2.28. The average Bonchev–Trinajstić information content (AvgIpc) is 2.96. The van der Waals surface area contributed by atoms with E-state index in [4.69, 9.17) is 0 Å². The third-order valence-corrected chi connectivity index (χ3v) is 4.01. The largest absolute Gasteiger partial charge is 0.335 e. The molecule has 2 heterocycles. The summed E-state index contributed by atoms with van der Waals surface area (Å²) in [5, 5.41) is 4.17. The molecule has 1 unspecified atom stereocenters. The zero-order valence-electron chi connectivity index (χ0n) is 10.8. The Hall–Kier alpha value is -1.20. The van der Waals surface area contributed by atoms with Crippen molar-refractivity contribution in [3.05, 3.63) is 22.2 Å². The van der Waals surface area contributed by atoms with Crippen LogP contribution in [0.2, 0.25) is 0 Å². The highest BCUT2D eigenvalue weighted by atomic mass is 32.1. The molecule has 1 aliphatic rings. The zero-order valence-corrected chi connectivity index (χ0v) is 11.7. The number of aryl methyl sites for hydroxylation is 1. The van der Waals surface area contributed by atoms with Gasteiger partial charge in [-0.15, -0.1) is 11.3 Å². The molecule has 18 heavy (non-hydrogen) atoms. The Morgan fingerprint density at radius 2 is 2.56 bits per heavy atom. The van der Waals surface area contributed by atoms with Gasteiger partial charge >= 0.3 is 0 Å². The number of likely N-dealkylation sites (tertiary alicyclic amines) is 1. The average molecular weight is 265 g/mol. The van der Waals surface area contributed by atoms with Gasteiger partial charge in [-0.3, -0.25) is 4.79 Å². The molecule has 5 heteroatoms. The molecule has 1 aromatic heterocycles. The van der Waals surface area contributed by atoms with Crippen molar-refractivity contribution < 1.29 is 4.79 Å². The van der Waals surface area contributed by atoms with Crippen LogP contribution in [-0.2, 0) is 4.79 Å². The number of nitrogens with zero attached hydrogens (tertiary/aromatic N) is 2. The highest BCUT2D eigenvalue weighted by Crippen LogP contribution is 2.18. The van der Waals surface area contributed by atoms with Gasteiger partial charge in [-0.05, 0) is 32.9 Å². The van der Waals surface area contributed by atoms with E-state index in [0.717, 1.165) is 35.8 Å². The van der Waals surface area contributed by atoms with E-state index in [-0.39, 0.29) is 5.91 Å². The van der Waals surface area contributed by atoms with Gasteiger partial charge in [0, 0.05) is 36.3 Å². The summed E-state index contributed by atoms with van der Waals surface area (Å²) in [5.41, 5.74) is 0. The predicted molar refractivity (Wildman–Crippen MR) is 74.5 cm³/mol. The summed E-state index contributed by atoms with van der Waals surface area (Å²) < 4.78 is 0. The summed E-state index contributed by atoms with van der Waals surface area (Å²) >= 11 is 1.60. The fourth-order valence-corrected chi connectivity index (χ4v) is 2.97. The molecule has 0 aromatic carbocycles. The molecule has 2 rings (SSSR count). The van der Waals surface area contributed by atoms with Crippen molar-refractivity contribution in [3.63, 3.8) is 0 Å². The van der Waals surface area contributed by atoms with Crippen molar-refractivity contribution in [1.29, 1.82) is 0 Å². The van der Waals surface area contributed by atoms with E-state index in [1.165, 1.54) is 0 Å². The van der Waals surface area contributed by atoms with E-state index in [1.807, 2.05) is 24.9 Å². The van der Waals surface area contributed by atoms with Crippen LogP contribution in [-0.4, -0.2) is 42.0 Å². The van der Waals surface area contributed by atoms with Gasteiger partial charge in [0.15, 0.2) is 0 Å². The summed E-state index contributed by atoms with van der Waals surface area (Å²) in [6.45, 7) is 3.71. The van der Waals surface area contributed by atoms with Crippen molar-refractivity contribution in [2.45, 2.75) is 25.8 Å². The summed E-state index contributed by atoms with van der Waals surface area (Å²) in [5.74, 6) is 0.110. The molecular formula is C13H19N3OS. The minimum Gasteiger partial charge on any atom is -0.335 e. The van der Waals surface area contributed by atoms with Gasteiger partial charge in [0.1, 0.15) is 0 Å². The summed E-state index contributed by atoms with van der Waals surface area (Å²) in [6.07, 6.45) is 7.53. The topological polar surface area (TPSA) is 45.2 Å². The number of hydrogen-bond donors (Lipinski definition) is 1. The van der Waals surface area contributed by atoms with Crippen LogP contribution in [0.25, 0.3) is 6.08 Å². The van der Waals surface area contributed by atoms with Gasteiger partial charge in [-0.25, -0.2) is 4.98 Å². The quantitative estimate of drug-likeness (QED) is 0.842. The second-order valence-corrected chi connectivity index (χ2v) is 5.77. The van der Waals surface area contributed by atoms with Crippen LogP contribution in [0.5, 0.6) is 0 Å². The lowest BCUT2D eigenvalue weighted by Crippen LogP contribution is -2.39. The van der Waals surface area contributed by atoms with Gasteiger partial charge < -0.3 is 10.2 Å². The van der Waals surface area contributed by atoms with E-state index in [0.29, 0.717) is 6.04 Å². The van der Waals surface area contributed by atoms with Crippen LogP contribution in [0.15, 0.2) is 12.3 Å². The maximum absolute atomic E-state index is 12.1. The van der Waals surface area contributed by atoms with Gasteiger partial charge in [0.25, 0.3) is 0 Å². The zero-order chi connectivity index (χ0) is 13.0. The molecule has 0 bridgehead atoms. The van der Waals surface area contributed by atoms with Crippen molar-refractivity contribution in [2.75, 3.05) is 20.1 Å². The summed E-state index contributed by atoms with van der Waals surface area (Å²) in [7, 11) is 1.93. The number of hydrogen-bond acceptors (Lipinski definition) is 4. The third kappa shape index (κ3) is 3.17. The second kappa shape index (κ2) is 6.11. The van der Waals surface area contributed by atoms with Crippen LogP contribution in [0, 0.1) is 6.92 Å². The Bertz CT molecular complexity index is 441. The summed E-state index contributed by atoms with van der Waals surface area (Å²) in [4.78, 5) is 19.3. The highest BCUT2D eigenvalue weighted by Gasteiger charge is 2.26. The first-order valence-corrected chi connectivity index (χ1v) is 7.08. The van der Waals surface area contributed by atoms with Gasteiger partial charge in [-0.1, -0.05) is 0 Å². The first-order chi connectivity index (χ1) is 8.70. The predicted octanol–water partition coefficient (Wildman–Crippen LogP) is 1.68. The van der Waals surface area contributed by atoms with Crippen molar-refractivity contribution in [1.82, 2.24) is 15.2 Å². The third-order valence-electron chi connectivity index (χ3n) is 3.13. The minimum absolute atomic E-state index is 0.110. The maximum atomic E-state index is 12.1. The van der Waals surface area contributed by atoms with Crippen molar-refractivity contribution in [2.24, 2.45) is 0 Å². The molecule has 1 saturated heterocycles. The number of carbonyl (C=O) groups is 1. The molecule has 1 N–H and O–H groups in total. The van der Waals surface area contributed by atoms with E-state index in [1.54, 1.807) is 23.6 Å². The lowest BCUT2D eigenvalue weighted by molar-refractivity contribution is -0.126. The molecule has 0 aliphatic carbocycles. The number of likely N-dealkylation sites (N-methyl/N-ethyl adjacent to an activating group) is 1. The van der Waals surface area contributed by atoms with Gasteiger partial charge in [-0.2, -0.15) is 0 Å². The number of rotatable bonds is 4. The van der Waals surface area contributed by atoms with E-state index < -0.39 is 0 Å². The van der Waals surface area contributed by atoms with E-state index >= 15 is 0 Å². The molecule has 1 atom stereocenters. The smallest absolute Gasteiger partial charge is 0.246 e. The summed E-state index contributed by atoms with van der Waals surface area (Å²) in [6, 6.07) is 0.343. The molecule has 0 radical (unpaired) electrons.